The van der Waals surface area contributed by atoms with Crippen LogP contribution in [0.3, 0.4) is 0 Å². The molecule has 0 aliphatic carbocycles. The average Bonchev–Trinajstić information content (AvgIpc) is 2.41. The maximum absolute atomic E-state index is 12.8. The van der Waals surface area contributed by atoms with Crippen LogP contribution >= 0.6 is 0 Å². The van der Waals surface area contributed by atoms with E-state index in [1.165, 1.54) is 10.4 Å². The van der Waals surface area contributed by atoms with Crippen molar-refractivity contribution in [2.24, 2.45) is 16.8 Å². The molecule has 7 heteroatoms. The molecule has 0 amide bonds. The van der Waals surface area contributed by atoms with Crippen molar-refractivity contribution >= 4 is 16.3 Å². The third-order valence-corrected chi connectivity index (χ3v) is 6.24. The number of nitrogens with zero attached hydrogens (tertiary/aromatic N) is 3. The molecule has 3 unspecified atom stereocenters. The van der Waals surface area contributed by atoms with E-state index in [1.807, 2.05) is 6.92 Å². The molecule has 0 bridgehead atoms. The molecule has 0 saturated carbocycles. The van der Waals surface area contributed by atoms with E-state index in [1.54, 1.807) is 4.31 Å². The van der Waals surface area contributed by atoms with E-state index in [9.17, 15) is 13.2 Å². The zero-order valence-corrected chi connectivity index (χ0v) is 13.0. The maximum Gasteiger partial charge on any atom is 0.283 e. The Balaban J connectivity index is 2.23. The summed E-state index contributed by atoms with van der Waals surface area (Å²) < 4.78 is 28.5. The molecule has 0 radical (unpaired) electrons. The standard InChI is InChI=1S/C13H23N3O3S/c1-11-5-3-7-15(9-11)20(18,19)16-8-4-6-12(2)13(16)14-10-17/h11-13H,3-9H2,1-2H3. The van der Waals surface area contributed by atoms with Crippen molar-refractivity contribution in [1.29, 1.82) is 0 Å². The zero-order valence-electron chi connectivity index (χ0n) is 12.2. The zero-order chi connectivity index (χ0) is 14.8. The summed E-state index contributed by atoms with van der Waals surface area (Å²) in [6.45, 7) is 5.57. The van der Waals surface area contributed by atoms with Crippen LogP contribution in [-0.2, 0) is 15.0 Å². The molecule has 2 aliphatic heterocycles. The van der Waals surface area contributed by atoms with E-state index in [-0.39, 0.29) is 5.92 Å². The first-order valence-corrected chi connectivity index (χ1v) is 8.70. The lowest BCUT2D eigenvalue weighted by molar-refractivity contribution is 0.172. The van der Waals surface area contributed by atoms with Gasteiger partial charge in [-0.05, 0) is 37.5 Å². The SMILES string of the molecule is CC1CCCN(S(=O)(=O)N2CCCC(C)C2N=C=O)C1. The number of rotatable bonds is 3. The Morgan fingerprint density at radius 3 is 2.50 bits per heavy atom. The summed E-state index contributed by atoms with van der Waals surface area (Å²) in [6, 6.07) is 0. The lowest BCUT2D eigenvalue weighted by Gasteiger charge is -2.40. The van der Waals surface area contributed by atoms with Gasteiger partial charge in [0.1, 0.15) is 6.17 Å². The van der Waals surface area contributed by atoms with Crippen molar-refractivity contribution < 1.29 is 13.2 Å². The van der Waals surface area contributed by atoms with Gasteiger partial charge in [-0.15, -0.1) is 0 Å². The molecule has 0 spiro atoms. The number of carbonyl (C=O) groups excluding carboxylic acids is 1. The minimum Gasteiger partial charge on any atom is -0.211 e. The van der Waals surface area contributed by atoms with Crippen LogP contribution in [0.25, 0.3) is 0 Å². The molecular formula is C13H23N3O3S. The maximum atomic E-state index is 12.8. The third kappa shape index (κ3) is 3.11. The summed E-state index contributed by atoms with van der Waals surface area (Å²) in [5.41, 5.74) is 0. The van der Waals surface area contributed by atoms with Crippen LogP contribution in [-0.4, -0.2) is 48.9 Å². The summed E-state index contributed by atoms with van der Waals surface area (Å²) in [5, 5.41) is 0. The van der Waals surface area contributed by atoms with Gasteiger partial charge in [0.2, 0.25) is 6.08 Å². The van der Waals surface area contributed by atoms with Crippen LogP contribution in [0.15, 0.2) is 4.99 Å². The minimum atomic E-state index is -3.53. The van der Waals surface area contributed by atoms with Crippen molar-refractivity contribution in [2.75, 3.05) is 19.6 Å². The van der Waals surface area contributed by atoms with Crippen LogP contribution in [0, 0.1) is 11.8 Å². The molecule has 0 aromatic rings. The fraction of sp³-hybridized carbons (Fsp3) is 0.923. The lowest BCUT2D eigenvalue weighted by atomic mass is 9.98. The topological polar surface area (TPSA) is 70.1 Å². The molecule has 2 heterocycles. The van der Waals surface area contributed by atoms with Gasteiger partial charge in [0.25, 0.3) is 10.2 Å². The van der Waals surface area contributed by atoms with Crippen LogP contribution in [0.5, 0.6) is 0 Å². The molecule has 2 aliphatic rings. The van der Waals surface area contributed by atoms with Gasteiger partial charge < -0.3 is 0 Å². The third-order valence-electron chi connectivity index (χ3n) is 4.27. The Hall–Kier alpha value is -0.750. The smallest absolute Gasteiger partial charge is 0.211 e. The molecule has 114 valence electrons. The van der Waals surface area contributed by atoms with Crippen molar-refractivity contribution in [3.05, 3.63) is 0 Å². The van der Waals surface area contributed by atoms with Gasteiger partial charge in [-0.1, -0.05) is 13.8 Å². The molecule has 0 aromatic carbocycles. The van der Waals surface area contributed by atoms with Crippen LogP contribution in [0.4, 0.5) is 0 Å². The fourth-order valence-corrected chi connectivity index (χ4v) is 5.12. The Morgan fingerprint density at radius 1 is 1.15 bits per heavy atom. The summed E-state index contributed by atoms with van der Waals surface area (Å²) in [6.07, 6.45) is 4.60. The van der Waals surface area contributed by atoms with Crippen LogP contribution in [0.2, 0.25) is 0 Å². The largest absolute Gasteiger partial charge is 0.283 e. The first-order chi connectivity index (χ1) is 9.46. The number of hydrogen-bond acceptors (Lipinski definition) is 4. The quantitative estimate of drug-likeness (QED) is 0.584. The van der Waals surface area contributed by atoms with Crippen LogP contribution in [0.1, 0.15) is 39.5 Å². The second-order valence-electron chi connectivity index (χ2n) is 5.98. The van der Waals surface area contributed by atoms with Crippen LogP contribution < -0.4 is 0 Å². The minimum absolute atomic E-state index is 0.0576. The number of aliphatic imine (C=N–C) groups is 1. The van der Waals surface area contributed by atoms with E-state index in [2.05, 4.69) is 11.9 Å². The Labute approximate surface area is 121 Å². The predicted molar refractivity (Wildman–Crippen MR) is 75.9 cm³/mol. The highest BCUT2D eigenvalue weighted by Crippen LogP contribution is 2.29. The first kappa shape index (κ1) is 15.6. The number of isocyanates is 1. The monoisotopic (exact) mass is 301 g/mol. The van der Waals surface area contributed by atoms with Gasteiger partial charge in [-0.2, -0.15) is 22.0 Å². The molecule has 2 saturated heterocycles. The molecule has 0 aromatic heterocycles. The lowest BCUT2D eigenvalue weighted by Crippen LogP contribution is -2.54. The second-order valence-corrected chi connectivity index (χ2v) is 7.86. The van der Waals surface area contributed by atoms with Crippen molar-refractivity contribution in [3.8, 4) is 0 Å². The number of piperidine rings is 2. The Bertz CT molecular complexity index is 487. The van der Waals surface area contributed by atoms with Crippen molar-refractivity contribution in [2.45, 2.75) is 45.7 Å². The van der Waals surface area contributed by atoms with E-state index in [4.69, 9.17) is 0 Å². The van der Waals surface area contributed by atoms with Crippen molar-refractivity contribution in [3.63, 3.8) is 0 Å². The normalized spacial score (nSPS) is 33.6. The second kappa shape index (κ2) is 6.35. The molecule has 3 atom stereocenters. The van der Waals surface area contributed by atoms with E-state index < -0.39 is 16.4 Å². The number of hydrogen-bond donors (Lipinski definition) is 0. The highest BCUT2D eigenvalue weighted by Gasteiger charge is 2.40. The van der Waals surface area contributed by atoms with E-state index >= 15 is 0 Å². The molecule has 2 rings (SSSR count). The van der Waals surface area contributed by atoms with Gasteiger partial charge in [0.15, 0.2) is 0 Å². The van der Waals surface area contributed by atoms with Gasteiger partial charge in [-0.3, -0.25) is 0 Å². The summed E-state index contributed by atoms with van der Waals surface area (Å²) in [4.78, 5) is 14.3. The highest BCUT2D eigenvalue weighted by molar-refractivity contribution is 7.86. The van der Waals surface area contributed by atoms with Gasteiger partial charge in [0.05, 0.1) is 0 Å². The molecule has 2 fully saturated rings. The molecule has 6 nitrogen and oxygen atoms in total. The molecule has 20 heavy (non-hydrogen) atoms. The van der Waals surface area contributed by atoms with Crippen molar-refractivity contribution in [1.82, 2.24) is 8.61 Å². The van der Waals surface area contributed by atoms with Gasteiger partial charge in [0, 0.05) is 19.6 Å². The predicted octanol–water partition coefficient (Wildman–Crippen LogP) is 1.36. The summed E-state index contributed by atoms with van der Waals surface area (Å²) in [5.74, 6) is 0.441. The summed E-state index contributed by atoms with van der Waals surface area (Å²) >= 11 is 0. The van der Waals surface area contributed by atoms with Gasteiger partial charge in [-0.25, -0.2) is 4.79 Å². The Kier molecular flexibility index (Phi) is 4.96. The Morgan fingerprint density at radius 2 is 1.85 bits per heavy atom. The molecular weight excluding hydrogens is 278 g/mol. The highest BCUT2D eigenvalue weighted by atomic mass is 32.2. The van der Waals surface area contributed by atoms with E-state index in [0.29, 0.717) is 25.6 Å². The first-order valence-electron chi connectivity index (χ1n) is 7.30. The average molecular weight is 301 g/mol. The fourth-order valence-electron chi connectivity index (χ4n) is 3.14. The van der Waals surface area contributed by atoms with E-state index in [0.717, 1.165) is 25.7 Å². The van der Waals surface area contributed by atoms with Gasteiger partial charge >= 0.3 is 0 Å². The summed E-state index contributed by atoms with van der Waals surface area (Å²) in [7, 11) is -3.53. The molecule has 0 N–H and O–H groups in total.